The van der Waals surface area contributed by atoms with E-state index in [1.165, 1.54) is 23.5 Å². The number of nitrogens with zero attached hydrogens (tertiary/aromatic N) is 2. The lowest BCUT2D eigenvalue weighted by atomic mass is 10.1. The van der Waals surface area contributed by atoms with Crippen LogP contribution in [0, 0.1) is 5.82 Å². The molecule has 1 amide bonds. The number of thiazole rings is 1. The Hall–Kier alpha value is -1.83. The molecule has 1 aromatic carbocycles. The second kappa shape index (κ2) is 8.51. The maximum Gasteiger partial charge on any atom is 0.240 e. The molecule has 1 aromatic heterocycles. The van der Waals surface area contributed by atoms with Crippen LogP contribution in [0.3, 0.4) is 0 Å². The number of piperidine rings is 1. The van der Waals surface area contributed by atoms with Crippen LogP contribution in [0.25, 0.3) is 11.3 Å². The number of anilines is 1. The van der Waals surface area contributed by atoms with E-state index in [9.17, 15) is 9.18 Å². The Balaban J connectivity index is 1.49. The number of aromatic nitrogens is 1. The number of amides is 1. The summed E-state index contributed by atoms with van der Waals surface area (Å²) in [5.41, 5.74) is 1.56. The molecular weight excluding hydrogens is 341 g/mol. The van der Waals surface area contributed by atoms with Gasteiger partial charge in [0.15, 0.2) is 5.13 Å². The Morgan fingerprint density at radius 2 is 2.08 bits per heavy atom. The van der Waals surface area contributed by atoms with Crippen molar-refractivity contribution in [3.63, 3.8) is 0 Å². The molecule has 0 radical (unpaired) electrons. The Morgan fingerprint density at radius 1 is 1.36 bits per heavy atom. The zero-order valence-electron chi connectivity index (χ0n) is 14.2. The first-order valence-corrected chi connectivity index (χ1v) is 9.37. The Labute approximate surface area is 150 Å². The van der Waals surface area contributed by atoms with Crippen molar-refractivity contribution >= 4 is 22.4 Å². The lowest BCUT2D eigenvalue weighted by Crippen LogP contribution is -2.41. The highest BCUT2D eigenvalue weighted by Crippen LogP contribution is 2.25. The normalized spacial score (nSPS) is 16.1. The Kier molecular flexibility index (Phi) is 6.12. The van der Waals surface area contributed by atoms with E-state index in [4.69, 9.17) is 4.74 Å². The number of likely N-dealkylation sites (tertiary alicyclic amines) is 1. The molecule has 2 aromatic rings. The topological polar surface area (TPSA) is 54.5 Å². The molecular formula is C18H22FN3O2S. The molecule has 1 aliphatic rings. The van der Waals surface area contributed by atoms with Crippen molar-refractivity contribution in [2.45, 2.75) is 25.9 Å². The summed E-state index contributed by atoms with van der Waals surface area (Å²) >= 11 is 1.37. The van der Waals surface area contributed by atoms with Crippen molar-refractivity contribution in [1.82, 2.24) is 9.88 Å². The molecule has 7 heteroatoms. The number of halogens is 1. The Morgan fingerprint density at radius 3 is 2.76 bits per heavy atom. The highest BCUT2D eigenvalue weighted by Gasteiger charge is 2.21. The number of ether oxygens (including phenoxy) is 1. The third kappa shape index (κ3) is 5.07. The predicted octanol–water partition coefficient (Wildman–Crippen LogP) is 3.39. The predicted molar refractivity (Wildman–Crippen MR) is 97.2 cm³/mol. The van der Waals surface area contributed by atoms with Crippen molar-refractivity contribution in [2.24, 2.45) is 0 Å². The fourth-order valence-corrected chi connectivity index (χ4v) is 3.65. The summed E-state index contributed by atoms with van der Waals surface area (Å²) in [5, 5.41) is 5.27. The van der Waals surface area contributed by atoms with Crippen LogP contribution in [0.4, 0.5) is 9.52 Å². The van der Waals surface area contributed by atoms with E-state index in [2.05, 4.69) is 15.2 Å². The van der Waals surface area contributed by atoms with Gasteiger partial charge in [-0.05, 0) is 44.0 Å². The van der Waals surface area contributed by atoms with Crippen LogP contribution in [-0.4, -0.2) is 48.1 Å². The lowest BCUT2D eigenvalue weighted by molar-refractivity contribution is -0.118. The molecule has 1 aliphatic heterocycles. The van der Waals surface area contributed by atoms with E-state index in [1.807, 2.05) is 12.3 Å². The molecule has 3 rings (SSSR count). The number of nitrogens with one attached hydrogen (secondary N) is 1. The van der Waals surface area contributed by atoms with Gasteiger partial charge in [0.25, 0.3) is 0 Å². The maximum atomic E-state index is 13.0. The van der Waals surface area contributed by atoms with Crippen LogP contribution in [-0.2, 0) is 9.53 Å². The van der Waals surface area contributed by atoms with Gasteiger partial charge < -0.3 is 10.1 Å². The molecule has 0 atom stereocenters. The van der Waals surface area contributed by atoms with Gasteiger partial charge in [-0.25, -0.2) is 9.37 Å². The van der Waals surface area contributed by atoms with Crippen molar-refractivity contribution < 1.29 is 13.9 Å². The first-order valence-electron chi connectivity index (χ1n) is 8.49. The van der Waals surface area contributed by atoms with Crippen molar-refractivity contribution in [1.29, 1.82) is 0 Å². The minimum absolute atomic E-state index is 0.0603. The third-order valence-electron chi connectivity index (χ3n) is 4.19. The SMILES string of the molecule is CCOC1CCN(CC(=O)Nc2nc(-c3ccc(F)cc3)cs2)CC1. The summed E-state index contributed by atoms with van der Waals surface area (Å²) in [6.07, 6.45) is 2.25. The fraction of sp³-hybridized carbons (Fsp3) is 0.444. The number of rotatable bonds is 6. The summed E-state index contributed by atoms with van der Waals surface area (Å²) in [6.45, 7) is 4.86. The van der Waals surface area contributed by atoms with Gasteiger partial charge in [-0.2, -0.15) is 0 Å². The average molecular weight is 363 g/mol. The summed E-state index contributed by atoms with van der Waals surface area (Å²) in [5.74, 6) is -0.338. The van der Waals surface area contributed by atoms with E-state index in [-0.39, 0.29) is 11.7 Å². The summed E-state index contributed by atoms with van der Waals surface area (Å²) in [4.78, 5) is 18.8. The fourth-order valence-electron chi connectivity index (χ4n) is 2.92. The van der Waals surface area contributed by atoms with Crippen LogP contribution in [0.1, 0.15) is 19.8 Å². The van der Waals surface area contributed by atoms with Crippen molar-refractivity contribution in [3.8, 4) is 11.3 Å². The zero-order chi connectivity index (χ0) is 17.6. The van der Waals surface area contributed by atoms with Crippen molar-refractivity contribution in [2.75, 3.05) is 31.6 Å². The maximum absolute atomic E-state index is 13.0. The number of hydrogen-bond acceptors (Lipinski definition) is 5. The van der Waals surface area contributed by atoms with E-state index in [0.717, 1.165) is 43.8 Å². The number of carbonyl (C=O) groups is 1. The molecule has 1 fully saturated rings. The van der Waals surface area contributed by atoms with Crippen LogP contribution in [0.2, 0.25) is 0 Å². The van der Waals surface area contributed by atoms with Gasteiger partial charge in [-0.1, -0.05) is 0 Å². The van der Waals surface area contributed by atoms with Crippen LogP contribution >= 0.6 is 11.3 Å². The van der Waals surface area contributed by atoms with E-state index >= 15 is 0 Å². The van der Waals surface area contributed by atoms with Gasteiger partial charge in [0.2, 0.25) is 5.91 Å². The van der Waals surface area contributed by atoms with Gasteiger partial charge in [0, 0.05) is 30.6 Å². The molecule has 0 aliphatic carbocycles. The zero-order valence-corrected chi connectivity index (χ0v) is 15.0. The second-order valence-corrected chi connectivity index (χ2v) is 6.88. The standard InChI is InChI=1S/C18H22FN3O2S/c1-2-24-15-7-9-22(10-8-15)11-17(23)21-18-20-16(12-25-18)13-3-5-14(19)6-4-13/h3-6,12,15H,2,7-11H2,1H3,(H,20,21,23). The number of hydrogen-bond donors (Lipinski definition) is 1. The highest BCUT2D eigenvalue weighted by molar-refractivity contribution is 7.14. The van der Waals surface area contributed by atoms with Crippen LogP contribution in [0.5, 0.6) is 0 Å². The van der Waals surface area contributed by atoms with E-state index in [1.54, 1.807) is 12.1 Å². The van der Waals surface area contributed by atoms with Crippen molar-refractivity contribution in [3.05, 3.63) is 35.5 Å². The third-order valence-corrected chi connectivity index (χ3v) is 4.95. The van der Waals surface area contributed by atoms with Gasteiger partial charge in [0.05, 0.1) is 18.3 Å². The average Bonchev–Trinajstić information content (AvgIpc) is 3.06. The molecule has 1 saturated heterocycles. The molecule has 0 spiro atoms. The van der Waals surface area contributed by atoms with Crippen LogP contribution in [0.15, 0.2) is 29.6 Å². The second-order valence-electron chi connectivity index (χ2n) is 6.02. The smallest absolute Gasteiger partial charge is 0.240 e. The molecule has 5 nitrogen and oxygen atoms in total. The molecule has 2 heterocycles. The molecule has 25 heavy (non-hydrogen) atoms. The molecule has 134 valence electrons. The first-order chi connectivity index (χ1) is 12.1. The highest BCUT2D eigenvalue weighted by atomic mass is 32.1. The quantitative estimate of drug-likeness (QED) is 0.855. The first kappa shape index (κ1) is 18.0. The summed E-state index contributed by atoms with van der Waals surface area (Å²) in [7, 11) is 0. The molecule has 0 unspecified atom stereocenters. The summed E-state index contributed by atoms with van der Waals surface area (Å²) in [6, 6.07) is 6.16. The number of benzene rings is 1. The lowest BCUT2D eigenvalue weighted by Gasteiger charge is -2.31. The van der Waals surface area contributed by atoms with Gasteiger partial charge >= 0.3 is 0 Å². The number of carbonyl (C=O) groups excluding carboxylic acids is 1. The van der Waals surface area contributed by atoms with E-state index < -0.39 is 0 Å². The van der Waals surface area contributed by atoms with Gasteiger partial charge in [-0.3, -0.25) is 9.69 Å². The minimum atomic E-state index is -0.277. The molecule has 0 bridgehead atoms. The van der Waals surface area contributed by atoms with Crippen LogP contribution < -0.4 is 5.32 Å². The summed E-state index contributed by atoms with van der Waals surface area (Å²) < 4.78 is 18.6. The largest absolute Gasteiger partial charge is 0.378 e. The van der Waals surface area contributed by atoms with E-state index in [0.29, 0.717) is 17.8 Å². The molecule has 0 saturated carbocycles. The minimum Gasteiger partial charge on any atom is -0.378 e. The Bertz CT molecular complexity index is 697. The monoisotopic (exact) mass is 363 g/mol. The molecule has 1 N–H and O–H groups in total. The van der Waals surface area contributed by atoms with Gasteiger partial charge in [0.1, 0.15) is 5.82 Å². The van der Waals surface area contributed by atoms with Gasteiger partial charge in [-0.15, -0.1) is 11.3 Å².